The fourth-order valence-corrected chi connectivity index (χ4v) is 1.40. The van der Waals surface area contributed by atoms with Crippen LogP contribution >= 0.6 is 11.9 Å². The Kier molecular flexibility index (Phi) is 3.46. The summed E-state index contributed by atoms with van der Waals surface area (Å²) in [6.07, 6.45) is -4.39. The van der Waals surface area contributed by atoms with Crippen molar-refractivity contribution in [3.8, 4) is 0 Å². The Morgan fingerprint density at radius 3 is 2.60 bits per heavy atom. The number of carbonyl (C=O) groups excluding carboxylic acids is 1. The van der Waals surface area contributed by atoms with Gasteiger partial charge in [0.1, 0.15) is 0 Å². The number of amides is 2. The van der Waals surface area contributed by atoms with Gasteiger partial charge in [0, 0.05) is 4.90 Å². The highest BCUT2D eigenvalue weighted by atomic mass is 32.2. The fraction of sp³-hybridized carbons (Fsp3) is 0.125. The lowest BCUT2D eigenvalue weighted by molar-refractivity contribution is -0.137. The first-order valence-corrected chi connectivity index (χ1v) is 4.61. The molecule has 0 aliphatic heterocycles. The second-order valence-corrected chi connectivity index (χ2v) is 3.47. The molecule has 2 amide bonds. The molecule has 0 fully saturated rings. The fourth-order valence-electron chi connectivity index (χ4n) is 0.845. The molecule has 7 heteroatoms. The molecule has 0 bridgehead atoms. The molecular weight excluding hydrogens is 229 g/mol. The molecule has 0 saturated heterocycles. The van der Waals surface area contributed by atoms with Crippen molar-refractivity contribution < 1.29 is 18.0 Å². The topological polar surface area (TPSA) is 55.1 Å². The predicted octanol–water partition coefficient (Wildman–Crippen LogP) is 2.38. The van der Waals surface area contributed by atoms with Gasteiger partial charge in [0.25, 0.3) is 0 Å². The second kappa shape index (κ2) is 4.43. The van der Waals surface area contributed by atoms with Crippen molar-refractivity contribution in [2.45, 2.75) is 11.1 Å². The van der Waals surface area contributed by atoms with Crippen LogP contribution in [0.3, 0.4) is 0 Å². The first-order valence-electron chi connectivity index (χ1n) is 3.79. The number of alkyl halides is 3. The molecule has 0 aromatic heterocycles. The van der Waals surface area contributed by atoms with Crippen molar-refractivity contribution >= 4 is 18.0 Å². The Hall–Kier alpha value is -1.37. The summed E-state index contributed by atoms with van der Waals surface area (Å²) in [7, 11) is 0. The lowest BCUT2D eigenvalue weighted by Gasteiger charge is -2.07. The van der Waals surface area contributed by atoms with Gasteiger partial charge < -0.3 is 5.73 Å². The zero-order valence-corrected chi connectivity index (χ0v) is 8.15. The number of carbonyl (C=O) groups is 1. The SMILES string of the molecule is NC(=O)NSc1cccc(C(F)(F)F)c1. The van der Waals surface area contributed by atoms with Crippen LogP contribution in [0, 0.1) is 0 Å². The summed E-state index contributed by atoms with van der Waals surface area (Å²) in [6, 6.07) is 3.77. The minimum Gasteiger partial charge on any atom is -0.351 e. The van der Waals surface area contributed by atoms with E-state index < -0.39 is 17.8 Å². The normalized spacial score (nSPS) is 11.1. The van der Waals surface area contributed by atoms with E-state index in [1.807, 2.05) is 0 Å². The van der Waals surface area contributed by atoms with E-state index in [1.54, 1.807) is 0 Å². The minimum atomic E-state index is -4.39. The van der Waals surface area contributed by atoms with Gasteiger partial charge in [-0.25, -0.2) is 4.79 Å². The van der Waals surface area contributed by atoms with E-state index in [-0.39, 0.29) is 4.90 Å². The van der Waals surface area contributed by atoms with Gasteiger partial charge >= 0.3 is 12.2 Å². The van der Waals surface area contributed by atoms with Crippen molar-refractivity contribution in [1.82, 2.24) is 4.72 Å². The van der Waals surface area contributed by atoms with Gasteiger partial charge in [-0.15, -0.1) is 0 Å². The molecule has 0 atom stereocenters. The molecule has 0 radical (unpaired) electrons. The number of halogens is 3. The van der Waals surface area contributed by atoms with Crippen LogP contribution < -0.4 is 10.5 Å². The summed E-state index contributed by atoms with van der Waals surface area (Å²) in [5.41, 5.74) is 4.01. The predicted molar refractivity (Wildman–Crippen MR) is 50.0 cm³/mol. The molecule has 1 rings (SSSR count). The Bertz CT molecular complexity index is 367. The largest absolute Gasteiger partial charge is 0.416 e. The lowest BCUT2D eigenvalue weighted by atomic mass is 10.2. The maximum absolute atomic E-state index is 12.2. The molecule has 1 aromatic rings. The van der Waals surface area contributed by atoms with Crippen LogP contribution in [0.2, 0.25) is 0 Å². The van der Waals surface area contributed by atoms with E-state index in [2.05, 4.69) is 4.72 Å². The molecule has 0 aliphatic rings. The molecule has 3 nitrogen and oxygen atoms in total. The zero-order valence-electron chi connectivity index (χ0n) is 7.34. The Morgan fingerprint density at radius 2 is 2.07 bits per heavy atom. The molecule has 0 heterocycles. The number of hydrogen-bond donors (Lipinski definition) is 2. The summed E-state index contributed by atoms with van der Waals surface area (Å²) < 4.78 is 38.9. The molecular formula is C8H7F3N2OS. The standard InChI is InChI=1S/C8H7F3N2OS/c9-8(10,11)5-2-1-3-6(4-5)15-13-7(12)14/h1-4H,(H3,12,13,14). The van der Waals surface area contributed by atoms with Gasteiger partial charge in [-0.1, -0.05) is 6.07 Å². The summed E-state index contributed by atoms with van der Waals surface area (Å²) in [5, 5.41) is 0. The molecule has 0 spiro atoms. The Morgan fingerprint density at radius 1 is 1.40 bits per heavy atom. The Labute approximate surface area is 88.0 Å². The van der Waals surface area contributed by atoms with Gasteiger partial charge in [-0.2, -0.15) is 13.2 Å². The summed E-state index contributed by atoms with van der Waals surface area (Å²) >= 11 is 0.734. The second-order valence-electron chi connectivity index (χ2n) is 2.59. The molecule has 0 saturated carbocycles. The van der Waals surface area contributed by atoms with E-state index in [4.69, 9.17) is 5.73 Å². The quantitative estimate of drug-likeness (QED) is 0.774. The Balaban J connectivity index is 2.79. The number of hydrogen-bond acceptors (Lipinski definition) is 2. The molecule has 0 aliphatic carbocycles. The van der Waals surface area contributed by atoms with Crippen LogP contribution in [0.1, 0.15) is 5.56 Å². The molecule has 3 N–H and O–H groups in total. The average Bonchev–Trinajstić information content (AvgIpc) is 2.14. The highest BCUT2D eigenvalue weighted by Crippen LogP contribution is 2.31. The van der Waals surface area contributed by atoms with Gasteiger partial charge in [0.2, 0.25) is 0 Å². The van der Waals surface area contributed by atoms with E-state index in [0.29, 0.717) is 0 Å². The third-order valence-electron chi connectivity index (χ3n) is 1.43. The van der Waals surface area contributed by atoms with Crippen molar-refractivity contribution in [3.63, 3.8) is 0 Å². The highest BCUT2D eigenvalue weighted by Gasteiger charge is 2.30. The number of nitrogens with one attached hydrogen (secondary N) is 1. The summed E-state index contributed by atoms with van der Waals surface area (Å²) in [6.45, 7) is 0. The number of primary amides is 1. The van der Waals surface area contributed by atoms with E-state index in [9.17, 15) is 18.0 Å². The van der Waals surface area contributed by atoms with Crippen LogP contribution in [0.5, 0.6) is 0 Å². The molecule has 1 aromatic carbocycles. The third kappa shape index (κ3) is 3.70. The van der Waals surface area contributed by atoms with Crippen molar-refractivity contribution in [2.75, 3.05) is 0 Å². The van der Waals surface area contributed by atoms with Crippen molar-refractivity contribution in [2.24, 2.45) is 5.73 Å². The number of urea groups is 1. The first kappa shape index (κ1) is 11.7. The van der Waals surface area contributed by atoms with Gasteiger partial charge in [0.15, 0.2) is 0 Å². The maximum Gasteiger partial charge on any atom is 0.416 e. The third-order valence-corrected chi connectivity index (χ3v) is 2.22. The first-order chi connectivity index (χ1) is 6.89. The van der Waals surface area contributed by atoms with Crippen LogP contribution in [0.4, 0.5) is 18.0 Å². The molecule has 82 valence electrons. The van der Waals surface area contributed by atoms with E-state index in [1.165, 1.54) is 12.1 Å². The van der Waals surface area contributed by atoms with E-state index in [0.717, 1.165) is 24.1 Å². The monoisotopic (exact) mass is 236 g/mol. The van der Waals surface area contributed by atoms with Crippen LogP contribution in [-0.2, 0) is 6.18 Å². The average molecular weight is 236 g/mol. The zero-order chi connectivity index (χ0) is 11.5. The van der Waals surface area contributed by atoms with Crippen molar-refractivity contribution in [3.05, 3.63) is 29.8 Å². The summed E-state index contributed by atoms with van der Waals surface area (Å²) in [4.78, 5) is 10.6. The van der Waals surface area contributed by atoms with Gasteiger partial charge in [-0.05, 0) is 30.1 Å². The van der Waals surface area contributed by atoms with Crippen LogP contribution in [0.15, 0.2) is 29.2 Å². The maximum atomic E-state index is 12.2. The number of nitrogens with two attached hydrogens (primary N) is 1. The molecule has 15 heavy (non-hydrogen) atoms. The number of benzene rings is 1. The number of rotatable bonds is 2. The van der Waals surface area contributed by atoms with Crippen molar-refractivity contribution in [1.29, 1.82) is 0 Å². The smallest absolute Gasteiger partial charge is 0.351 e. The highest BCUT2D eigenvalue weighted by molar-refractivity contribution is 7.98. The van der Waals surface area contributed by atoms with Gasteiger partial charge in [0.05, 0.1) is 5.56 Å². The van der Waals surface area contributed by atoms with E-state index >= 15 is 0 Å². The van der Waals surface area contributed by atoms with Gasteiger partial charge in [-0.3, -0.25) is 4.72 Å². The molecule has 0 unspecified atom stereocenters. The van der Waals surface area contributed by atoms with Crippen LogP contribution in [0.25, 0.3) is 0 Å². The van der Waals surface area contributed by atoms with Crippen LogP contribution in [-0.4, -0.2) is 6.03 Å². The summed E-state index contributed by atoms with van der Waals surface area (Å²) in [5.74, 6) is 0. The lowest BCUT2D eigenvalue weighted by Crippen LogP contribution is -2.22. The minimum absolute atomic E-state index is 0.267.